The Morgan fingerprint density at radius 1 is 0.875 bits per heavy atom. The molecule has 0 amide bonds. The van der Waals surface area contributed by atoms with E-state index in [0.29, 0.717) is 23.2 Å². The Bertz CT molecular complexity index is 310. The number of rotatable bonds is 13. The summed E-state index contributed by atoms with van der Waals surface area (Å²) in [5.74, 6) is 2.14. The van der Waals surface area contributed by atoms with Gasteiger partial charge in [0, 0.05) is 0 Å². The fraction of sp³-hybridized carbons (Fsp3) is 1.00. The Morgan fingerprint density at radius 2 is 1.33 bits per heavy atom. The molecule has 3 heteroatoms. The van der Waals surface area contributed by atoms with Gasteiger partial charge in [-0.15, -0.1) is 0 Å². The van der Waals surface area contributed by atoms with Gasteiger partial charge in [0.05, 0.1) is 13.2 Å². The van der Waals surface area contributed by atoms with Crippen molar-refractivity contribution in [2.24, 2.45) is 23.2 Å². The largest absolute Gasteiger partial charge is 0.378 e. The minimum atomic E-state index is 0.278. The topological polar surface area (TPSA) is 25.0 Å². The smallest absolute Gasteiger partial charge is 0.140 e. The first-order chi connectivity index (χ1) is 11.2. The van der Waals surface area contributed by atoms with Crippen molar-refractivity contribution < 1.29 is 9.47 Å². The molecule has 1 fully saturated rings. The first kappa shape index (κ1) is 21.9. The normalized spacial score (nSPS) is 21.5. The van der Waals surface area contributed by atoms with E-state index in [0.717, 1.165) is 26.3 Å². The lowest BCUT2D eigenvalue weighted by Gasteiger charge is -2.38. The molecule has 0 radical (unpaired) electrons. The molecule has 0 spiro atoms. The van der Waals surface area contributed by atoms with Gasteiger partial charge in [-0.1, -0.05) is 55.4 Å². The molecule has 2 unspecified atom stereocenters. The molecule has 1 aliphatic rings. The zero-order chi connectivity index (χ0) is 18.3. The molecule has 2 atom stereocenters. The lowest BCUT2D eigenvalue weighted by atomic mass is 9.70. The summed E-state index contributed by atoms with van der Waals surface area (Å²) in [5, 5.41) is 0. The van der Waals surface area contributed by atoms with Gasteiger partial charge in [0.1, 0.15) is 12.3 Å². The van der Waals surface area contributed by atoms with E-state index in [9.17, 15) is 0 Å². The number of likely N-dealkylation sites (N-methyl/N-ethyl adjacent to an activating group) is 1. The van der Waals surface area contributed by atoms with Gasteiger partial charge in [-0.25, -0.2) is 0 Å². The summed E-state index contributed by atoms with van der Waals surface area (Å²) in [6.07, 6.45) is 4.34. The fourth-order valence-electron chi connectivity index (χ4n) is 4.58. The lowest BCUT2D eigenvalue weighted by Crippen LogP contribution is -2.33. The molecule has 1 aliphatic heterocycles. The quantitative estimate of drug-likeness (QED) is 0.431. The summed E-state index contributed by atoms with van der Waals surface area (Å²) in [5.41, 5.74) is 0.316. The molecule has 0 aliphatic carbocycles. The van der Waals surface area contributed by atoms with E-state index in [1.54, 1.807) is 0 Å². The Labute approximate surface area is 151 Å². The highest BCUT2D eigenvalue weighted by atomic mass is 16.6. The van der Waals surface area contributed by atoms with Crippen molar-refractivity contribution in [3.8, 4) is 0 Å². The van der Waals surface area contributed by atoms with Gasteiger partial charge in [-0.05, 0) is 55.5 Å². The zero-order valence-electron chi connectivity index (χ0n) is 17.6. The second-order valence-electron chi connectivity index (χ2n) is 9.10. The van der Waals surface area contributed by atoms with E-state index in [2.05, 4.69) is 60.3 Å². The molecule has 24 heavy (non-hydrogen) atoms. The van der Waals surface area contributed by atoms with Gasteiger partial charge in [-0.2, -0.15) is 0 Å². The maximum Gasteiger partial charge on any atom is 0.140 e. The van der Waals surface area contributed by atoms with Crippen molar-refractivity contribution in [1.29, 1.82) is 0 Å². The van der Waals surface area contributed by atoms with Crippen molar-refractivity contribution in [2.45, 2.75) is 87.0 Å². The third-order valence-electron chi connectivity index (χ3n) is 4.94. The van der Waals surface area contributed by atoms with Crippen LogP contribution in [0.5, 0.6) is 0 Å². The molecule has 0 aromatic rings. The molecular formula is C21H43NO2. The third kappa shape index (κ3) is 7.41. The first-order valence-corrected chi connectivity index (χ1v) is 10.2. The summed E-state index contributed by atoms with van der Waals surface area (Å²) in [4.78, 5) is 2.37. The van der Waals surface area contributed by atoms with Crippen molar-refractivity contribution in [2.75, 3.05) is 26.3 Å². The van der Waals surface area contributed by atoms with E-state index in [-0.39, 0.29) is 12.3 Å². The van der Waals surface area contributed by atoms with Crippen molar-refractivity contribution >= 4 is 0 Å². The monoisotopic (exact) mass is 341 g/mol. The molecule has 144 valence electrons. The van der Waals surface area contributed by atoms with Crippen LogP contribution in [0.25, 0.3) is 0 Å². The highest BCUT2D eigenvalue weighted by molar-refractivity contribution is 4.86. The maximum atomic E-state index is 6.24. The van der Waals surface area contributed by atoms with Crippen LogP contribution in [0, 0.1) is 23.2 Å². The van der Waals surface area contributed by atoms with Crippen LogP contribution in [-0.4, -0.2) is 43.5 Å². The molecule has 0 saturated carbocycles. The predicted octanol–water partition coefficient (Wildman–Crippen LogP) is 5.19. The van der Waals surface area contributed by atoms with Crippen LogP contribution in [0.2, 0.25) is 0 Å². The number of epoxide rings is 1. The number of hydrogen-bond donors (Lipinski definition) is 0. The SMILES string of the molecule is CCN(CC)C1OC1COCC(CC(C)C)(CC(C)C)CC(C)C. The second-order valence-corrected chi connectivity index (χ2v) is 9.10. The number of nitrogens with zero attached hydrogens (tertiary/aromatic N) is 1. The molecule has 1 saturated heterocycles. The number of ether oxygens (including phenoxy) is 2. The Kier molecular flexibility index (Phi) is 9.25. The maximum absolute atomic E-state index is 6.24. The van der Waals surface area contributed by atoms with E-state index in [1.165, 1.54) is 19.3 Å². The van der Waals surface area contributed by atoms with Crippen LogP contribution in [0.15, 0.2) is 0 Å². The van der Waals surface area contributed by atoms with E-state index in [4.69, 9.17) is 9.47 Å². The average molecular weight is 342 g/mol. The highest BCUT2D eigenvalue weighted by Crippen LogP contribution is 2.40. The van der Waals surface area contributed by atoms with E-state index >= 15 is 0 Å². The number of hydrogen-bond acceptors (Lipinski definition) is 3. The summed E-state index contributed by atoms with van der Waals surface area (Å²) in [6, 6.07) is 0. The summed E-state index contributed by atoms with van der Waals surface area (Å²) < 4.78 is 12.1. The first-order valence-electron chi connectivity index (χ1n) is 10.2. The van der Waals surface area contributed by atoms with Gasteiger partial charge in [0.2, 0.25) is 0 Å². The van der Waals surface area contributed by atoms with Crippen molar-refractivity contribution in [3.05, 3.63) is 0 Å². The van der Waals surface area contributed by atoms with Crippen LogP contribution in [-0.2, 0) is 9.47 Å². The van der Waals surface area contributed by atoms with Crippen molar-refractivity contribution in [3.63, 3.8) is 0 Å². The van der Waals surface area contributed by atoms with Crippen LogP contribution in [0.1, 0.15) is 74.7 Å². The molecule has 0 bridgehead atoms. The zero-order valence-corrected chi connectivity index (χ0v) is 17.6. The van der Waals surface area contributed by atoms with Crippen LogP contribution < -0.4 is 0 Å². The molecule has 0 aromatic carbocycles. The minimum Gasteiger partial charge on any atom is -0.378 e. The minimum absolute atomic E-state index is 0.278. The molecular weight excluding hydrogens is 298 g/mol. The van der Waals surface area contributed by atoms with Crippen LogP contribution >= 0.6 is 0 Å². The van der Waals surface area contributed by atoms with Gasteiger partial charge >= 0.3 is 0 Å². The molecule has 0 N–H and O–H groups in total. The summed E-state index contributed by atoms with van der Waals surface area (Å²) >= 11 is 0. The van der Waals surface area contributed by atoms with Crippen molar-refractivity contribution in [1.82, 2.24) is 4.90 Å². The molecule has 1 heterocycles. The highest BCUT2D eigenvalue weighted by Gasteiger charge is 2.43. The third-order valence-corrected chi connectivity index (χ3v) is 4.94. The predicted molar refractivity (Wildman–Crippen MR) is 103 cm³/mol. The van der Waals surface area contributed by atoms with Crippen LogP contribution in [0.4, 0.5) is 0 Å². The average Bonchev–Trinajstić information content (AvgIpc) is 3.17. The van der Waals surface area contributed by atoms with Crippen LogP contribution in [0.3, 0.4) is 0 Å². The van der Waals surface area contributed by atoms with E-state index < -0.39 is 0 Å². The Hall–Kier alpha value is -0.120. The second kappa shape index (κ2) is 10.1. The van der Waals surface area contributed by atoms with E-state index in [1.807, 2.05) is 0 Å². The Balaban J connectivity index is 2.58. The van der Waals surface area contributed by atoms with Gasteiger partial charge < -0.3 is 9.47 Å². The van der Waals surface area contributed by atoms with Gasteiger partial charge in [0.25, 0.3) is 0 Å². The molecule has 3 nitrogen and oxygen atoms in total. The fourth-order valence-corrected chi connectivity index (χ4v) is 4.58. The molecule has 1 rings (SSSR count). The standard InChI is InChI=1S/C21H43NO2/c1-9-22(10-2)20-19(24-20)14-23-15-21(11-16(3)4,12-17(5)6)13-18(7)8/h16-20H,9-15H2,1-8H3. The Morgan fingerprint density at radius 3 is 1.71 bits per heavy atom. The molecule has 0 aromatic heterocycles. The van der Waals surface area contributed by atoms with Gasteiger partial charge in [-0.3, -0.25) is 4.90 Å². The van der Waals surface area contributed by atoms with Gasteiger partial charge in [0.15, 0.2) is 0 Å². The lowest BCUT2D eigenvalue weighted by molar-refractivity contribution is -0.00101. The summed E-state index contributed by atoms with van der Waals surface area (Å²) in [6.45, 7) is 22.2. The summed E-state index contributed by atoms with van der Waals surface area (Å²) in [7, 11) is 0.